The molecule has 128 valence electrons. The van der Waals surface area contributed by atoms with E-state index in [9.17, 15) is 9.18 Å². The number of para-hydroxylation sites is 1. The predicted molar refractivity (Wildman–Crippen MR) is 93.7 cm³/mol. The summed E-state index contributed by atoms with van der Waals surface area (Å²) in [5, 5.41) is 10.6. The zero-order valence-corrected chi connectivity index (χ0v) is 13.7. The third-order valence-electron chi connectivity index (χ3n) is 3.88. The summed E-state index contributed by atoms with van der Waals surface area (Å²) in [5.74, 6) is -0.565. The van der Waals surface area contributed by atoms with Crippen LogP contribution in [0, 0.1) is 5.82 Å². The Morgan fingerprint density at radius 3 is 2.64 bits per heavy atom. The van der Waals surface area contributed by atoms with Gasteiger partial charge in [0.15, 0.2) is 11.5 Å². The van der Waals surface area contributed by atoms with Gasteiger partial charge in [-0.15, -0.1) is 5.10 Å². The summed E-state index contributed by atoms with van der Waals surface area (Å²) in [5.41, 5.74) is 8.62. The van der Waals surface area contributed by atoms with Crippen LogP contribution in [0.4, 0.5) is 15.9 Å². The summed E-state index contributed by atoms with van der Waals surface area (Å²) in [6.45, 7) is 2.32. The second kappa shape index (κ2) is 7.12. The van der Waals surface area contributed by atoms with Gasteiger partial charge in [0, 0.05) is 5.69 Å². The van der Waals surface area contributed by atoms with Gasteiger partial charge in [0.2, 0.25) is 0 Å². The summed E-state index contributed by atoms with van der Waals surface area (Å²) in [6.07, 6.45) is 0.795. The molecule has 3 aromatic rings. The predicted octanol–water partition coefficient (Wildman–Crippen LogP) is 2.86. The molecule has 0 saturated heterocycles. The number of hydrogen-bond acceptors (Lipinski definition) is 4. The number of nitrogens with two attached hydrogens (primary N) is 1. The normalized spacial score (nSPS) is 10.6. The number of carbonyl (C=O) groups excluding carboxylic acids is 1. The van der Waals surface area contributed by atoms with Crippen molar-refractivity contribution in [3.05, 3.63) is 71.2 Å². The van der Waals surface area contributed by atoms with E-state index in [0.29, 0.717) is 6.54 Å². The van der Waals surface area contributed by atoms with Crippen LogP contribution >= 0.6 is 0 Å². The summed E-state index contributed by atoms with van der Waals surface area (Å²) >= 11 is 0. The third-order valence-corrected chi connectivity index (χ3v) is 3.88. The quantitative estimate of drug-likeness (QED) is 0.748. The Hall–Kier alpha value is -3.22. The molecular formula is C18H18FN5O. The Labute approximate surface area is 144 Å². The van der Waals surface area contributed by atoms with Gasteiger partial charge in [0.25, 0.3) is 5.91 Å². The van der Waals surface area contributed by atoms with Crippen molar-refractivity contribution >= 4 is 17.4 Å². The van der Waals surface area contributed by atoms with E-state index in [4.69, 9.17) is 5.73 Å². The molecule has 1 amide bonds. The van der Waals surface area contributed by atoms with Crippen LogP contribution in [0.1, 0.15) is 28.5 Å². The number of hydrogen-bond donors (Lipinski definition) is 2. The van der Waals surface area contributed by atoms with E-state index in [1.807, 2.05) is 31.2 Å². The first kappa shape index (κ1) is 16.6. The molecule has 1 heterocycles. The largest absolute Gasteiger partial charge is 0.382 e. The molecule has 3 N–H and O–H groups in total. The average molecular weight is 339 g/mol. The number of amides is 1. The lowest BCUT2D eigenvalue weighted by molar-refractivity contribution is 0.102. The molecule has 0 bridgehead atoms. The van der Waals surface area contributed by atoms with Crippen molar-refractivity contribution < 1.29 is 9.18 Å². The second-order valence-electron chi connectivity index (χ2n) is 5.57. The first-order valence-corrected chi connectivity index (χ1v) is 7.91. The molecule has 0 aliphatic rings. The minimum absolute atomic E-state index is 0.0630. The molecule has 7 heteroatoms. The minimum Gasteiger partial charge on any atom is -0.382 e. The fourth-order valence-electron chi connectivity index (χ4n) is 2.49. The van der Waals surface area contributed by atoms with Gasteiger partial charge in [-0.05, 0) is 35.7 Å². The number of nitrogen functional groups attached to an aromatic ring is 1. The fraction of sp³-hybridized carbons (Fsp3) is 0.167. The molecule has 0 atom stereocenters. The first-order valence-electron chi connectivity index (χ1n) is 7.91. The van der Waals surface area contributed by atoms with Gasteiger partial charge >= 0.3 is 0 Å². The minimum atomic E-state index is -0.413. The maximum Gasteiger partial charge on any atom is 0.280 e. The zero-order chi connectivity index (χ0) is 17.8. The summed E-state index contributed by atoms with van der Waals surface area (Å²) < 4.78 is 14.4. The van der Waals surface area contributed by atoms with Crippen molar-refractivity contribution in [3.63, 3.8) is 0 Å². The molecule has 0 aliphatic carbocycles. The number of carbonyl (C=O) groups is 1. The first-order chi connectivity index (χ1) is 12.1. The highest BCUT2D eigenvalue weighted by molar-refractivity contribution is 6.06. The van der Waals surface area contributed by atoms with Crippen molar-refractivity contribution in [2.75, 3.05) is 11.1 Å². The topological polar surface area (TPSA) is 85.8 Å². The van der Waals surface area contributed by atoms with E-state index in [1.165, 1.54) is 16.8 Å². The van der Waals surface area contributed by atoms with Crippen molar-refractivity contribution in [2.24, 2.45) is 0 Å². The number of nitrogens with one attached hydrogen (secondary N) is 1. The van der Waals surface area contributed by atoms with Crippen LogP contribution in [0.3, 0.4) is 0 Å². The number of aryl methyl sites for hydroxylation is 1. The molecule has 0 spiro atoms. The van der Waals surface area contributed by atoms with Gasteiger partial charge in [-0.3, -0.25) is 4.79 Å². The Bertz CT molecular complexity index is 889. The molecule has 3 rings (SSSR count). The summed E-state index contributed by atoms with van der Waals surface area (Å²) in [4.78, 5) is 12.5. The van der Waals surface area contributed by atoms with E-state index in [-0.39, 0.29) is 17.3 Å². The second-order valence-corrected chi connectivity index (χ2v) is 5.57. The van der Waals surface area contributed by atoms with E-state index >= 15 is 0 Å². The van der Waals surface area contributed by atoms with Gasteiger partial charge in [-0.1, -0.05) is 42.5 Å². The van der Waals surface area contributed by atoms with Crippen LogP contribution in [0.5, 0.6) is 0 Å². The molecule has 2 aromatic carbocycles. The van der Waals surface area contributed by atoms with Crippen LogP contribution < -0.4 is 11.1 Å². The van der Waals surface area contributed by atoms with Gasteiger partial charge in [-0.25, -0.2) is 9.07 Å². The highest BCUT2D eigenvalue weighted by atomic mass is 19.1. The lowest BCUT2D eigenvalue weighted by Gasteiger charge is -2.08. The lowest BCUT2D eigenvalue weighted by atomic mass is 10.1. The van der Waals surface area contributed by atoms with E-state index in [2.05, 4.69) is 15.6 Å². The molecule has 25 heavy (non-hydrogen) atoms. The van der Waals surface area contributed by atoms with Crippen LogP contribution in [-0.2, 0) is 13.0 Å². The van der Waals surface area contributed by atoms with Gasteiger partial charge in [-0.2, -0.15) is 0 Å². The SMILES string of the molecule is CCc1ccccc1NC(=O)c1nnn(Cc2ccc(F)cc2)c1N. The molecule has 0 saturated carbocycles. The molecule has 6 nitrogen and oxygen atoms in total. The average Bonchev–Trinajstić information content (AvgIpc) is 2.98. The summed E-state index contributed by atoms with van der Waals surface area (Å²) in [7, 11) is 0. The maximum atomic E-state index is 13.0. The standard InChI is InChI=1S/C18H18FN5O/c1-2-13-5-3-4-6-15(13)21-18(25)16-17(20)24(23-22-16)11-12-7-9-14(19)10-8-12/h3-10H,2,11,20H2,1H3,(H,21,25). The smallest absolute Gasteiger partial charge is 0.280 e. The van der Waals surface area contributed by atoms with Gasteiger partial charge < -0.3 is 11.1 Å². The summed E-state index contributed by atoms with van der Waals surface area (Å²) in [6, 6.07) is 13.5. The Kier molecular flexibility index (Phi) is 4.74. The Morgan fingerprint density at radius 1 is 1.20 bits per heavy atom. The van der Waals surface area contributed by atoms with Gasteiger partial charge in [0.05, 0.1) is 6.54 Å². The van der Waals surface area contributed by atoms with E-state index in [0.717, 1.165) is 23.2 Å². The van der Waals surface area contributed by atoms with Crippen LogP contribution in [-0.4, -0.2) is 20.9 Å². The fourth-order valence-corrected chi connectivity index (χ4v) is 2.49. The highest BCUT2D eigenvalue weighted by Gasteiger charge is 2.18. The van der Waals surface area contributed by atoms with Crippen molar-refractivity contribution in [2.45, 2.75) is 19.9 Å². The number of anilines is 2. The number of benzene rings is 2. The molecule has 1 aromatic heterocycles. The van der Waals surface area contributed by atoms with Crippen molar-refractivity contribution in [1.29, 1.82) is 0 Å². The molecule has 0 aliphatic heterocycles. The molecular weight excluding hydrogens is 321 g/mol. The lowest BCUT2D eigenvalue weighted by Crippen LogP contribution is -2.16. The molecule has 0 unspecified atom stereocenters. The van der Waals surface area contributed by atoms with E-state index < -0.39 is 5.91 Å². The Morgan fingerprint density at radius 2 is 1.92 bits per heavy atom. The number of nitrogens with zero attached hydrogens (tertiary/aromatic N) is 3. The monoisotopic (exact) mass is 339 g/mol. The third kappa shape index (κ3) is 3.65. The van der Waals surface area contributed by atoms with Gasteiger partial charge in [0.1, 0.15) is 5.82 Å². The highest BCUT2D eigenvalue weighted by Crippen LogP contribution is 2.18. The number of halogens is 1. The van der Waals surface area contributed by atoms with Crippen LogP contribution in [0.25, 0.3) is 0 Å². The number of aromatic nitrogens is 3. The Balaban J connectivity index is 1.78. The zero-order valence-electron chi connectivity index (χ0n) is 13.7. The van der Waals surface area contributed by atoms with Crippen LogP contribution in [0.2, 0.25) is 0 Å². The van der Waals surface area contributed by atoms with Crippen molar-refractivity contribution in [3.8, 4) is 0 Å². The van der Waals surface area contributed by atoms with Crippen molar-refractivity contribution in [1.82, 2.24) is 15.0 Å². The molecule has 0 radical (unpaired) electrons. The maximum absolute atomic E-state index is 13.0. The number of rotatable bonds is 5. The van der Waals surface area contributed by atoms with Crippen LogP contribution in [0.15, 0.2) is 48.5 Å². The molecule has 0 fully saturated rings. The van der Waals surface area contributed by atoms with E-state index in [1.54, 1.807) is 12.1 Å².